The highest BCUT2D eigenvalue weighted by molar-refractivity contribution is 7.97. The first-order valence-corrected chi connectivity index (χ1v) is 8.37. The van der Waals surface area contributed by atoms with Crippen LogP contribution in [0.3, 0.4) is 0 Å². The molecule has 0 atom stereocenters. The van der Waals surface area contributed by atoms with E-state index in [1.165, 1.54) is 5.56 Å². The van der Waals surface area contributed by atoms with Crippen molar-refractivity contribution in [3.8, 4) is 17.2 Å². The van der Waals surface area contributed by atoms with Crippen LogP contribution >= 0.6 is 11.8 Å². The van der Waals surface area contributed by atoms with Crippen molar-refractivity contribution in [2.75, 3.05) is 18.6 Å². The molecule has 0 fully saturated rings. The summed E-state index contributed by atoms with van der Waals surface area (Å²) in [6.45, 7) is 0. The SMILES string of the molecule is CNc1ccc(CSC)cc1-c1cn(C)c(C#N)c1CC=O. The standard InChI is InChI=1S/C17H19N3OS/c1-19-16-5-4-12(11-22-3)8-14(16)15-10-20(2)17(9-18)13(15)6-7-21/h4-5,7-8,10,19H,6,11H2,1-3H3. The summed E-state index contributed by atoms with van der Waals surface area (Å²) in [7, 11) is 3.71. The monoisotopic (exact) mass is 313 g/mol. The fourth-order valence-corrected chi connectivity index (χ4v) is 3.15. The molecule has 1 aromatic carbocycles. The van der Waals surface area contributed by atoms with Gasteiger partial charge in [-0.25, -0.2) is 0 Å². The second-order valence-corrected chi connectivity index (χ2v) is 5.89. The summed E-state index contributed by atoms with van der Waals surface area (Å²) in [6, 6.07) is 8.47. The van der Waals surface area contributed by atoms with E-state index < -0.39 is 0 Å². The average molecular weight is 313 g/mol. The predicted molar refractivity (Wildman–Crippen MR) is 92.1 cm³/mol. The van der Waals surface area contributed by atoms with Gasteiger partial charge in [0.2, 0.25) is 0 Å². The van der Waals surface area contributed by atoms with Crippen LogP contribution in [0, 0.1) is 11.3 Å². The number of aldehydes is 1. The van der Waals surface area contributed by atoms with Gasteiger partial charge in [-0.15, -0.1) is 0 Å². The van der Waals surface area contributed by atoms with E-state index in [1.54, 1.807) is 16.3 Å². The zero-order valence-electron chi connectivity index (χ0n) is 13.0. The van der Waals surface area contributed by atoms with E-state index in [-0.39, 0.29) is 6.42 Å². The predicted octanol–water partition coefficient (Wildman–Crippen LogP) is 3.21. The van der Waals surface area contributed by atoms with Crippen LogP contribution in [0.1, 0.15) is 16.8 Å². The smallest absolute Gasteiger partial charge is 0.124 e. The van der Waals surface area contributed by atoms with E-state index in [4.69, 9.17) is 0 Å². The van der Waals surface area contributed by atoms with Crippen molar-refractivity contribution in [1.82, 2.24) is 4.57 Å². The minimum Gasteiger partial charge on any atom is -0.388 e. The van der Waals surface area contributed by atoms with Gasteiger partial charge in [0.05, 0.1) is 0 Å². The Morgan fingerprint density at radius 2 is 2.18 bits per heavy atom. The van der Waals surface area contributed by atoms with Gasteiger partial charge >= 0.3 is 0 Å². The Bertz CT molecular complexity index is 728. The molecule has 1 heterocycles. The van der Waals surface area contributed by atoms with Crippen LogP contribution in [0.25, 0.3) is 11.1 Å². The number of aromatic nitrogens is 1. The molecule has 0 bridgehead atoms. The van der Waals surface area contributed by atoms with Crippen LogP contribution < -0.4 is 5.32 Å². The molecule has 0 aliphatic rings. The molecular weight excluding hydrogens is 294 g/mol. The van der Waals surface area contributed by atoms with E-state index in [1.807, 2.05) is 26.4 Å². The third kappa shape index (κ3) is 3.02. The molecule has 1 N–H and O–H groups in total. The largest absolute Gasteiger partial charge is 0.388 e. The topological polar surface area (TPSA) is 57.8 Å². The molecular formula is C17H19N3OS. The molecule has 2 aromatic rings. The Labute approximate surface area is 135 Å². The maximum atomic E-state index is 11.0. The summed E-state index contributed by atoms with van der Waals surface area (Å²) >= 11 is 1.77. The zero-order valence-corrected chi connectivity index (χ0v) is 13.8. The van der Waals surface area contributed by atoms with Crippen LogP contribution in [-0.2, 0) is 24.0 Å². The average Bonchev–Trinajstić information content (AvgIpc) is 2.83. The van der Waals surface area contributed by atoms with Gasteiger partial charge in [-0.05, 0) is 24.0 Å². The fraction of sp³-hybridized carbons (Fsp3) is 0.294. The van der Waals surface area contributed by atoms with Crippen molar-refractivity contribution in [3.63, 3.8) is 0 Å². The third-order valence-corrected chi connectivity index (χ3v) is 4.26. The van der Waals surface area contributed by atoms with E-state index in [9.17, 15) is 10.1 Å². The van der Waals surface area contributed by atoms with Gasteiger partial charge in [-0.1, -0.05) is 6.07 Å². The number of carbonyl (C=O) groups excluding carboxylic acids is 1. The molecule has 0 spiro atoms. The summed E-state index contributed by atoms with van der Waals surface area (Å²) < 4.78 is 1.79. The summed E-state index contributed by atoms with van der Waals surface area (Å²) in [4.78, 5) is 11.0. The Morgan fingerprint density at radius 3 is 2.77 bits per heavy atom. The number of hydrogen-bond acceptors (Lipinski definition) is 4. The Balaban J connectivity index is 2.67. The van der Waals surface area contributed by atoms with Crippen molar-refractivity contribution >= 4 is 23.7 Å². The van der Waals surface area contributed by atoms with Crippen molar-refractivity contribution in [3.05, 3.63) is 41.2 Å². The quantitative estimate of drug-likeness (QED) is 0.832. The molecule has 1 aromatic heterocycles. The second-order valence-electron chi connectivity index (χ2n) is 5.03. The number of rotatable bonds is 6. The lowest BCUT2D eigenvalue weighted by molar-refractivity contribution is -0.107. The molecule has 0 aliphatic carbocycles. The van der Waals surface area contributed by atoms with Gasteiger partial charge in [0.25, 0.3) is 0 Å². The third-order valence-electron chi connectivity index (χ3n) is 3.63. The number of nitrogens with one attached hydrogen (secondary N) is 1. The van der Waals surface area contributed by atoms with Crippen molar-refractivity contribution < 1.29 is 4.79 Å². The summed E-state index contributed by atoms with van der Waals surface area (Å²) in [6.07, 6.45) is 5.09. The number of nitriles is 1. The second kappa shape index (κ2) is 7.19. The number of aryl methyl sites for hydroxylation is 1. The molecule has 0 saturated heterocycles. The minimum atomic E-state index is 0.245. The van der Waals surface area contributed by atoms with E-state index in [0.717, 1.165) is 34.4 Å². The number of nitrogens with zero attached hydrogens (tertiary/aromatic N) is 2. The summed E-state index contributed by atoms with van der Waals surface area (Å²) in [5, 5.41) is 12.5. The molecule has 22 heavy (non-hydrogen) atoms. The van der Waals surface area contributed by atoms with E-state index in [2.05, 4.69) is 29.8 Å². The highest BCUT2D eigenvalue weighted by atomic mass is 32.2. The Hall–Kier alpha value is -2.19. The van der Waals surface area contributed by atoms with Crippen molar-refractivity contribution in [1.29, 1.82) is 5.26 Å². The number of benzene rings is 1. The minimum absolute atomic E-state index is 0.245. The fourth-order valence-electron chi connectivity index (χ4n) is 2.63. The van der Waals surface area contributed by atoms with Gasteiger partial charge in [-0.2, -0.15) is 17.0 Å². The molecule has 0 aliphatic heterocycles. The molecule has 2 rings (SSSR count). The van der Waals surface area contributed by atoms with Crippen LogP contribution in [0.5, 0.6) is 0 Å². The van der Waals surface area contributed by atoms with Crippen LogP contribution in [0.2, 0.25) is 0 Å². The molecule has 0 radical (unpaired) electrons. The Morgan fingerprint density at radius 1 is 1.41 bits per heavy atom. The molecule has 0 amide bonds. The molecule has 5 heteroatoms. The van der Waals surface area contributed by atoms with E-state index >= 15 is 0 Å². The zero-order chi connectivity index (χ0) is 16.1. The maximum Gasteiger partial charge on any atom is 0.124 e. The van der Waals surface area contributed by atoms with Gasteiger partial charge < -0.3 is 14.7 Å². The normalized spacial score (nSPS) is 10.3. The van der Waals surface area contributed by atoms with Gasteiger partial charge in [0, 0.05) is 54.8 Å². The van der Waals surface area contributed by atoms with Gasteiger partial charge in [0.1, 0.15) is 18.0 Å². The van der Waals surface area contributed by atoms with Crippen LogP contribution in [-0.4, -0.2) is 24.2 Å². The van der Waals surface area contributed by atoms with Crippen LogP contribution in [0.4, 0.5) is 5.69 Å². The maximum absolute atomic E-state index is 11.0. The van der Waals surface area contributed by atoms with Gasteiger partial charge in [0.15, 0.2) is 0 Å². The van der Waals surface area contributed by atoms with Crippen LogP contribution in [0.15, 0.2) is 24.4 Å². The first-order valence-electron chi connectivity index (χ1n) is 6.98. The lowest BCUT2D eigenvalue weighted by atomic mass is 9.98. The highest BCUT2D eigenvalue weighted by Gasteiger charge is 2.17. The number of anilines is 1. The summed E-state index contributed by atoms with van der Waals surface area (Å²) in [5.41, 5.74) is 5.52. The van der Waals surface area contributed by atoms with Crippen molar-refractivity contribution in [2.45, 2.75) is 12.2 Å². The number of hydrogen-bond donors (Lipinski definition) is 1. The molecule has 4 nitrogen and oxygen atoms in total. The summed E-state index contributed by atoms with van der Waals surface area (Å²) in [5.74, 6) is 0.929. The van der Waals surface area contributed by atoms with E-state index in [0.29, 0.717) is 5.69 Å². The number of carbonyl (C=O) groups is 1. The lowest BCUT2D eigenvalue weighted by Crippen LogP contribution is -1.97. The first kappa shape index (κ1) is 16.2. The lowest BCUT2D eigenvalue weighted by Gasteiger charge is -2.12. The van der Waals surface area contributed by atoms with Crippen molar-refractivity contribution in [2.24, 2.45) is 7.05 Å². The Kier molecular flexibility index (Phi) is 5.29. The first-order chi connectivity index (χ1) is 10.7. The highest BCUT2D eigenvalue weighted by Crippen LogP contribution is 2.34. The molecule has 114 valence electrons. The van der Waals surface area contributed by atoms with Gasteiger partial charge in [-0.3, -0.25) is 0 Å². The molecule has 0 saturated carbocycles. The number of thioether (sulfide) groups is 1. The molecule has 0 unspecified atom stereocenters.